The average Bonchev–Trinajstić information content (AvgIpc) is 2.88. The Kier molecular flexibility index (Phi) is 6.46. The summed E-state index contributed by atoms with van der Waals surface area (Å²) in [6.07, 6.45) is -0.569. The summed E-state index contributed by atoms with van der Waals surface area (Å²) in [7, 11) is 0. The minimum absolute atomic E-state index is 0.478. The molecule has 5 aromatic rings. The maximum absolute atomic E-state index is 6.43. The highest BCUT2D eigenvalue weighted by Crippen LogP contribution is 2.32. The van der Waals surface area contributed by atoms with Gasteiger partial charge >= 0.3 is 0 Å². The Labute approximate surface area is 208 Å². The van der Waals surface area contributed by atoms with Gasteiger partial charge in [-0.25, -0.2) is 0 Å². The van der Waals surface area contributed by atoms with Gasteiger partial charge < -0.3 is 9.47 Å². The summed E-state index contributed by atoms with van der Waals surface area (Å²) in [6.45, 7) is 8.78. The molecule has 0 spiro atoms. The molecular weight excluding hydrogens is 428 g/mol. The summed E-state index contributed by atoms with van der Waals surface area (Å²) in [5.74, 6) is 2.53. The lowest BCUT2D eigenvalue weighted by Crippen LogP contribution is -2.15. The van der Waals surface area contributed by atoms with Crippen LogP contribution < -0.4 is 9.47 Å². The topological polar surface area (TPSA) is 18.5 Å². The van der Waals surface area contributed by atoms with E-state index in [1.54, 1.807) is 0 Å². The highest BCUT2D eigenvalue weighted by atomic mass is 16.7. The van der Waals surface area contributed by atoms with Crippen molar-refractivity contribution >= 4 is 21.5 Å². The quantitative estimate of drug-likeness (QED) is 0.178. The van der Waals surface area contributed by atoms with Crippen LogP contribution in [0, 0.1) is 0 Å². The van der Waals surface area contributed by atoms with E-state index in [1.165, 1.54) is 32.7 Å². The van der Waals surface area contributed by atoms with E-state index in [9.17, 15) is 0 Å². The van der Waals surface area contributed by atoms with E-state index in [0.717, 1.165) is 17.1 Å². The third-order valence-electron chi connectivity index (χ3n) is 6.62. The Hall–Kier alpha value is -3.78. The third kappa shape index (κ3) is 5.02. The molecule has 0 N–H and O–H groups in total. The summed E-state index contributed by atoms with van der Waals surface area (Å²) in [6, 6.07) is 35.9. The monoisotopic (exact) mass is 460 g/mol. The van der Waals surface area contributed by atoms with Gasteiger partial charge in [-0.15, -0.1) is 0 Å². The van der Waals surface area contributed by atoms with E-state index in [4.69, 9.17) is 9.47 Å². The fourth-order valence-corrected chi connectivity index (χ4v) is 4.45. The molecule has 0 radical (unpaired) electrons. The van der Waals surface area contributed by atoms with Crippen LogP contribution in [0.15, 0.2) is 103 Å². The number of fused-ring (bicyclic) bond motifs is 3. The summed E-state index contributed by atoms with van der Waals surface area (Å²) < 4.78 is 12.9. The van der Waals surface area contributed by atoms with E-state index < -0.39 is 6.29 Å². The maximum Gasteiger partial charge on any atom is 0.267 e. The molecule has 0 heterocycles. The highest BCUT2D eigenvalue weighted by Gasteiger charge is 2.17. The van der Waals surface area contributed by atoms with Crippen LogP contribution >= 0.6 is 0 Å². The van der Waals surface area contributed by atoms with Crippen LogP contribution in [-0.2, 0) is 0 Å². The second kappa shape index (κ2) is 9.84. The van der Waals surface area contributed by atoms with E-state index >= 15 is 0 Å². The van der Waals surface area contributed by atoms with Gasteiger partial charge in [-0.1, -0.05) is 100 Å². The van der Waals surface area contributed by atoms with Crippen molar-refractivity contribution in [1.29, 1.82) is 0 Å². The first kappa shape index (κ1) is 23.0. The fourth-order valence-electron chi connectivity index (χ4n) is 4.45. The van der Waals surface area contributed by atoms with Crippen LogP contribution in [0.5, 0.6) is 11.5 Å². The zero-order valence-electron chi connectivity index (χ0n) is 20.9. The number of hydrogen-bond donors (Lipinski definition) is 0. The Morgan fingerprint density at radius 1 is 0.457 bits per heavy atom. The van der Waals surface area contributed by atoms with Gasteiger partial charge in [0, 0.05) is 5.56 Å². The van der Waals surface area contributed by atoms with Crippen molar-refractivity contribution in [2.75, 3.05) is 0 Å². The first-order chi connectivity index (χ1) is 17.0. The lowest BCUT2D eigenvalue weighted by Gasteiger charge is -2.22. The van der Waals surface area contributed by atoms with Gasteiger partial charge in [0.05, 0.1) is 0 Å². The lowest BCUT2D eigenvalue weighted by atomic mass is 10.00. The molecule has 2 nitrogen and oxygen atoms in total. The van der Waals surface area contributed by atoms with E-state index in [1.807, 2.05) is 24.3 Å². The van der Waals surface area contributed by atoms with Gasteiger partial charge in [-0.2, -0.15) is 0 Å². The van der Waals surface area contributed by atoms with Crippen LogP contribution in [0.2, 0.25) is 0 Å². The predicted molar refractivity (Wildman–Crippen MR) is 147 cm³/mol. The van der Waals surface area contributed by atoms with Gasteiger partial charge in [0.15, 0.2) is 0 Å². The average molecular weight is 461 g/mol. The molecule has 5 aromatic carbocycles. The first-order valence-electron chi connectivity index (χ1n) is 12.4. The largest absolute Gasteiger partial charge is 0.451 e. The van der Waals surface area contributed by atoms with Gasteiger partial charge in [-0.05, 0) is 74.8 Å². The van der Waals surface area contributed by atoms with E-state index in [-0.39, 0.29) is 0 Å². The molecule has 0 aliphatic heterocycles. The van der Waals surface area contributed by atoms with E-state index in [0.29, 0.717) is 11.8 Å². The Bertz CT molecular complexity index is 1380. The van der Waals surface area contributed by atoms with Gasteiger partial charge in [0.1, 0.15) is 11.5 Å². The minimum Gasteiger partial charge on any atom is -0.451 e. The summed E-state index contributed by atoms with van der Waals surface area (Å²) in [5, 5.41) is 4.90. The van der Waals surface area contributed by atoms with Crippen LogP contribution in [-0.4, -0.2) is 0 Å². The second-order valence-corrected chi connectivity index (χ2v) is 9.78. The lowest BCUT2D eigenvalue weighted by molar-refractivity contribution is 0.00389. The van der Waals surface area contributed by atoms with Crippen LogP contribution in [0.3, 0.4) is 0 Å². The molecule has 176 valence electrons. The van der Waals surface area contributed by atoms with Crippen LogP contribution in [0.1, 0.15) is 62.5 Å². The van der Waals surface area contributed by atoms with Crippen molar-refractivity contribution in [3.8, 4) is 11.5 Å². The van der Waals surface area contributed by atoms with Crippen molar-refractivity contribution < 1.29 is 9.47 Å². The number of rotatable bonds is 7. The van der Waals surface area contributed by atoms with E-state index in [2.05, 4.69) is 107 Å². The summed E-state index contributed by atoms with van der Waals surface area (Å²) >= 11 is 0. The van der Waals surface area contributed by atoms with Crippen molar-refractivity contribution in [3.05, 3.63) is 120 Å². The zero-order chi connectivity index (χ0) is 24.4. The van der Waals surface area contributed by atoms with Gasteiger partial charge in [0.25, 0.3) is 6.29 Å². The molecule has 0 unspecified atom stereocenters. The SMILES string of the molecule is CC(C)c1ccc(OC(Oc2ccc(C(C)C)cc2)c2ccc3c(ccc4ccccc43)c2)cc1. The molecule has 0 saturated carbocycles. The first-order valence-corrected chi connectivity index (χ1v) is 12.4. The molecule has 0 atom stereocenters. The fraction of sp³-hybridized carbons (Fsp3) is 0.212. The molecule has 0 bridgehead atoms. The summed E-state index contributed by atoms with van der Waals surface area (Å²) in [4.78, 5) is 0. The Morgan fingerprint density at radius 3 is 1.51 bits per heavy atom. The van der Waals surface area contributed by atoms with Gasteiger partial charge in [-0.3, -0.25) is 0 Å². The molecule has 0 fully saturated rings. The smallest absolute Gasteiger partial charge is 0.267 e. The Balaban J connectivity index is 1.51. The molecule has 5 rings (SSSR count). The molecule has 0 aromatic heterocycles. The molecule has 2 heteroatoms. The number of hydrogen-bond acceptors (Lipinski definition) is 2. The van der Waals surface area contributed by atoms with Crippen molar-refractivity contribution in [2.24, 2.45) is 0 Å². The number of benzene rings is 5. The van der Waals surface area contributed by atoms with Crippen molar-refractivity contribution in [1.82, 2.24) is 0 Å². The molecule has 0 aliphatic carbocycles. The molecule has 0 aliphatic rings. The standard InChI is InChI=1S/C33H32O2/c1-22(2)24-11-16-29(17-12-24)34-33(35-30-18-13-25(14-19-30)23(3)4)28-15-20-32-27(21-28)10-9-26-7-5-6-8-31(26)32/h5-23,33H,1-4H3. The predicted octanol–water partition coefficient (Wildman–Crippen LogP) is 9.40. The maximum atomic E-state index is 6.43. The molecular formula is C33H32O2. The molecule has 35 heavy (non-hydrogen) atoms. The Morgan fingerprint density at radius 2 is 0.943 bits per heavy atom. The summed E-state index contributed by atoms with van der Waals surface area (Å²) in [5.41, 5.74) is 3.56. The van der Waals surface area contributed by atoms with Crippen molar-refractivity contribution in [2.45, 2.75) is 45.8 Å². The molecule has 0 saturated heterocycles. The minimum atomic E-state index is -0.569. The number of ether oxygens (including phenoxy) is 2. The highest BCUT2D eigenvalue weighted by molar-refractivity contribution is 6.07. The van der Waals surface area contributed by atoms with Crippen LogP contribution in [0.4, 0.5) is 0 Å². The van der Waals surface area contributed by atoms with Crippen molar-refractivity contribution in [3.63, 3.8) is 0 Å². The molecule has 0 amide bonds. The second-order valence-electron chi connectivity index (χ2n) is 9.78. The third-order valence-corrected chi connectivity index (χ3v) is 6.62. The zero-order valence-corrected chi connectivity index (χ0v) is 20.9. The van der Waals surface area contributed by atoms with Crippen LogP contribution in [0.25, 0.3) is 21.5 Å². The normalized spacial score (nSPS) is 11.6. The van der Waals surface area contributed by atoms with Gasteiger partial charge in [0.2, 0.25) is 0 Å².